The van der Waals surface area contributed by atoms with Crippen molar-refractivity contribution >= 4 is 63.9 Å². The fourth-order valence-corrected chi connectivity index (χ4v) is 6.35. The Hall–Kier alpha value is -2.88. The van der Waals surface area contributed by atoms with Crippen molar-refractivity contribution in [3.8, 4) is 0 Å². The number of nitrogens with zero attached hydrogens (tertiary/aromatic N) is 2. The fraction of sp³-hybridized carbons (Fsp3) is 0.316. The largest absolute Gasteiger partial charge is 0.477 e. The number of carbonyl (C=O) groups is 4. The maximum atomic E-state index is 12.9. The number of nitrogens with two attached hydrogens (primary N) is 1. The van der Waals surface area contributed by atoms with Crippen LogP contribution < -0.4 is 16.4 Å². The van der Waals surface area contributed by atoms with Crippen LogP contribution in [0.3, 0.4) is 0 Å². The number of nitrogens with one attached hydrogen (secondary N) is 2. The van der Waals surface area contributed by atoms with Crippen molar-refractivity contribution in [2.24, 2.45) is 10.9 Å². The zero-order valence-corrected chi connectivity index (χ0v) is 20.0. The Balaban J connectivity index is 1.45. The van der Waals surface area contributed by atoms with E-state index in [1.54, 1.807) is 11.5 Å². The molecule has 2 amide bonds. The SMILES string of the molecule is CO/N=C(\C(=O)NC1C(=O)N2C(C(=O)O)=C(CSC(=O)c3ccco3)CSC12)C1=CSC(N)N1. The third kappa shape index (κ3) is 4.68. The summed E-state index contributed by atoms with van der Waals surface area (Å²) in [6.45, 7) is 0. The second kappa shape index (κ2) is 10.2. The predicted octanol–water partition coefficient (Wildman–Crippen LogP) is 0.314. The van der Waals surface area contributed by atoms with Gasteiger partial charge in [-0.2, -0.15) is 0 Å². The summed E-state index contributed by atoms with van der Waals surface area (Å²) in [6.07, 6.45) is 1.37. The molecular weight excluding hydrogens is 506 g/mol. The Morgan fingerprint density at radius 3 is 2.88 bits per heavy atom. The van der Waals surface area contributed by atoms with Crippen molar-refractivity contribution in [3.05, 3.63) is 46.5 Å². The lowest BCUT2D eigenvalue weighted by Gasteiger charge is -2.49. The maximum absolute atomic E-state index is 12.9. The van der Waals surface area contributed by atoms with Gasteiger partial charge in [-0.15, -0.1) is 11.8 Å². The van der Waals surface area contributed by atoms with Crippen LogP contribution in [0.25, 0.3) is 0 Å². The van der Waals surface area contributed by atoms with E-state index in [1.807, 2.05) is 0 Å². The van der Waals surface area contributed by atoms with Crippen molar-refractivity contribution < 1.29 is 33.5 Å². The predicted molar refractivity (Wildman–Crippen MR) is 126 cm³/mol. The van der Waals surface area contributed by atoms with E-state index in [0.717, 1.165) is 16.7 Å². The topological polar surface area (TPSA) is 177 Å². The Labute approximate surface area is 205 Å². The van der Waals surface area contributed by atoms with Crippen LogP contribution in [0.1, 0.15) is 10.6 Å². The molecule has 3 aliphatic rings. The summed E-state index contributed by atoms with van der Waals surface area (Å²) in [7, 11) is 1.28. The number of thioether (sulfide) groups is 3. The molecule has 3 atom stereocenters. The molecular formula is C19H19N5O7S3. The van der Waals surface area contributed by atoms with Crippen LogP contribution in [-0.2, 0) is 19.2 Å². The van der Waals surface area contributed by atoms with E-state index in [-0.39, 0.29) is 33.8 Å². The molecule has 5 N–H and O–H groups in total. The second-order valence-corrected chi connectivity index (χ2v) is 10.1. The van der Waals surface area contributed by atoms with Crippen LogP contribution >= 0.6 is 35.3 Å². The molecule has 0 aromatic carbocycles. The lowest BCUT2D eigenvalue weighted by molar-refractivity contribution is -0.150. The van der Waals surface area contributed by atoms with E-state index in [4.69, 9.17) is 15.0 Å². The van der Waals surface area contributed by atoms with E-state index < -0.39 is 34.7 Å². The van der Waals surface area contributed by atoms with Crippen LogP contribution in [0.4, 0.5) is 0 Å². The molecule has 0 radical (unpaired) electrons. The number of carboxylic acids is 1. The molecule has 4 heterocycles. The number of furan rings is 1. The molecule has 0 spiro atoms. The first-order valence-corrected chi connectivity index (χ1v) is 12.7. The quantitative estimate of drug-likeness (QED) is 0.208. The van der Waals surface area contributed by atoms with Crippen molar-refractivity contribution in [2.45, 2.75) is 16.9 Å². The number of carboxylic acid groups (broad SMARTS) is 1. The molecule has 34 heavy (non-hydrogen) atoms. The molecule has 12 nitrogen and oxygen atoms in total. The van der Waals surface area contributed by atoms with Crippen LogP contribution in [0.2, 0.25) is 0 Å². The maximum Gasteiger partial charge on any atom is 0.352 e. The van der Waals surface area contributed by atoms with Gasteiger partial charge in [-0.3, -0.25) is 19.3 Å². The van der Waals surface area contributed by atoms with Crippen LogP contribution in [0.5, 0.6) is 0 Å². The van der Waals surface area contributed by atoms with Gasteiger partial charge in [0.25, 0.3) is 16.9 Å². The number of β-lactam (4-membered cyclic amide) rings is 1. The summed E-state index contributed by atoms with van der Waals surface area (Å²) in [5.74, 6) is -2.00. The third-order valence-corrected chi connectivity index (χ3v) is 8.00. The average molecular weight is 526 g/mol. The van der Waals surface area contributed by atoms with E-state index in [0.29, 0.717) is 11.3 Å². The molecule has 4 rings (SSSR count). The van der Waals surface area contributed by atoms with Crippen LogP contribution in [0, 0.1) is 0 Å². The van der Waals surface area contributed by atoms with Crippen molar-refractivity contribution in [3.63, 3.8) is 0 Å². The first-order chi connectivity index (χ1) is 16.3. The van der Waals surface area contributed by atoms with Crippen molar-refractivity contribution in [1.29, 1.82) is 0 Å². The number of amides is 2. The van der Waals surface area contributed by atoms with Crippen molar-refractivity contribution in [2.75, 3.05) is 18.6 Å². The Morgan fingerprint density at radius 1 is 1.47 bits per heavy atom. The fourth-order valence-electron chi connectivity index (χ4n) is 3.41. The average Bonchev–Trinajstić information content (AvgIpc) is 3.50. The summed E-state index contributed by atoms with van der Waals surface area (Å²) in [6, 6.07) is 2.15. The zero-order chi connectivity index (χ0) is 24.4. The number of carbonyl (C=O) groups excluding carboxylic acids is 3. The molecule has 0 saturated carbocycles. The smallest absolute Gasteiger partial charge is 0.352 e. The molecule has 0 aliphatic carbocycles. The number of rotatable bonds is 8. The van der Waals surface area contributed by atoms with Gasteiger partial charge in [0.05, 0.1) is 12.0 Å². The highest BCUT2D eigenvalue weighted by Gasteiger charge is 2.54. The van der Waals surface area contributed by atoms with Gasteiger partial charge in [-0.25, -0.2) is 4.79 Å². The number of aliphatic carboxylic acids is 1. The van der Waals surface area contributed by atoms with Gasteiger partial charge in [0, 0.05) is 16.9 Å². The molecule has 0 bridgehead atoms. The highest BCUT2D eigenvalue weighted by molar-refractivity contribution is 8.14. The van der Waals surface area contributed by atoms with E-state index in [2.05, 4.69) is 15.8 Å². The van der Waals surface area contributed by atoms with E-state index >= 15 is 0 Å². The number of hydrogen-bond acceptors (Lipinski definition) is 12. The van der Waals surface area contributed by atoms with Gasteiger partial charge in [-0.1, -0.05) is 28.7 Å². The molecule has 1 saturated heterocycles. The van der Waals surface area contributed by atoms with E-state index in [9.17, 15) is 24.3 Å². The molecule has 1 aromatic heterocycles. The molecule has 1 fully saturated rings. The number of oxime groups is 1. The Kier molecular flexibility index (Phi) is 7.25. The van der Waals surface area contributed by atoms with Crippen LogP contribution in [0.15, 0.2) is 50.3 Å². The normalized spacial score (nSPS) is 24.1. The summed E-state index contributed by atoms with van der Waals surface area (Å²) in [5.41, 5.74) is 5.83. The first kappa shape index (κ1) is 24.3. The summed E-state index contributed by atoms with van der Waals surface area (Å²) < 4.78 is 5.06. The first-order valence-electron chi connectivity index (χ1n) is 9.72. The molecule has 15 heteroatoms. The molecule has 180 valence electrons. The standard InChI is InChI=1S/C19H19N5O7S3/c1-30-23-11(9-7-34-19(20)21-9)14(25)22-12-15(26)24-13(17(27)28)8(5-32-16(12)24)6-33-18(29)10-3-2-4-31-10/h2-4,7,12,16,19,21H,5-6,20H2,1H3,(H,22,25)(H,27,28)/b23-11-. The number of fused-ring (bicyclic) bond motifs is 1. The minimum atomic E-state index is -1.28. The van der Waals surface area contributed by atoms with Crippen molar-refractivity contribution in [1.82, 2.24) is 15.5 Å². The van der Waals surface area contributed by atoms with Gasteiger partial charge < -0.3 is 30.7 Å². The zero-order valence-electron chi connectivity index (χ0n) is 17.5. The molecule has 3 aliphatic heterocycles. The van der Waals surface area contributed by atoms with E-state index in [1.165, 1.54) is 43.0 Å². The third-order valence-electron chi connectivity index (χ3n) is 4.92. The minimum Gasteiger partial charge on any atom is -0.477 e. The number of hydrogen-bond donors (Lipinski definition) is 4. The lowest BCUT2D eigenvalue weighted by Crippen LogP contribution is -2.71. The van der Waals surface area contributed by atoms with Gasteiger partial charge in [-0.05, 0) is 17.7 Å². The minimum absolute atomic E-state index is 0.0856. The summed E-state index contributed by atoms with van der Waals surface area (Å²) in [5, 5.41) is 19.6. The molecule has 1 aromatic rings. The summed E-state index contributed by atoms with van der Waals surface area (Å²) >= 11 is 3.44. The van der Waals surface area contributed by atoms with Gasteiger partial charge >= 0.3 is 5.97 Å². The highest BCUT2D eigenvalue weighted by Crippen LogP contribution is 2.41. The van der Waals surface area contributed by atoms with Gasteiger partial charge in [0.1, 0.15) is 29.7 Å². The Bertz CT molecular complexity index is 1120. The van der Waals surface area contributed by atoms with Gasteiger partial charge in [0.15, 0.2) is 11.5 Å². The summed E-state index contributed by atoms with van der Waals surface area (Å²) in [4.78, 5) is 55.7. The highest BCUT2D eigenvalue weighted by atomic mass is 32.2. The van der Waals surface area contributed by atoms with Gasteiger partial charge in [0.2, 0.25) is 0 Å². The van der Waals surface area contributed by atoms with Crippen LogP contribution in [-0.4, -0.2) is 74.1 Å². The lowest BCUT2D eigenvalue weighted by atomic mass is 10.0. The Morgan fingerprint density at radius 2 is 2.26 bits per heavy atom. The monoisotopic (exact) mass is 525 g/mol. The molecule has 3 unspecified atom stereocenters. The second-order valence-electron chi connectivity index (χ2n) is 7.03.